The monoisotopic (exact) mass is 1570 g/mol. The molecule has 4 saturated heterocycles. The van der Waals surface area contributed by atoms with Gasteiger partial charge in [-0.3, -0.25) is 0 Å². The van der Waals surface area contributed by atoms with Gasteiger partial charge in [0.05, 0.1) is 89.9 Å². The molecule has 4 aliphatic heterocycles. The minimum atomic E-state index is -4.94. The van der Waals surface area contributed by atoms with Crippen LogP contribution in [0, 0.1) is 42.0 Å². The predicted octanol–water partition coefficient (Wildman–Crippen LogP) is 18.2. The minimum absolute atomic E-state index is 0.00526. The van der Waals surface area contributed by atoms with Crippen molar-refractivity contribution in [3.63, 3.8) is 0 Å². The van der Waals surface area contributed by atoms with Crippen LogP contribution in [0.5, 0.6) is 51.7 Å². The molecule has 25 heteroatoms. The number of unbranched alkanes of at least 4 members (excludes halogenated alkanes) is 3. The van der Waals surface area contributed by atoms with Crippen LogP contribution < -0.4 is 42.6 Å². The second-order valence-corrected chi connectivity index (χ2v) is 28.0. The lowest BCUT2D eigenvalue weighted by atomic mass is 10.1. The van der Waals surface area contributed by atoms with Crippen LogP contribution in [0.1, 0.15) is 117 Å². The Bertz CT molecular complexity index is 4300. The maximum absolute atomic E-state index is 13.7. The number of benzene rings is 8. The van der Waals surface area contributed by atoms with Crippen LogP contribution in [0.2, 0.25) is 0 Å². The van der Waals surface area contributed by atoms with Crippen LogP contribution in [0.25, 0.3) is 6.08 Å². The summed E-state index contributed by atoms with van der Waals surface area (Å²) in [6.07, 6.45) is 4.94. The Hall–Kier alpha value is -10.2. The summed E-state index contributed by atoms with van der Waals surface area (Å²) >= 11 is 0. The highest BCUT2D eigenvalue weighted by Crippen LogP contribution is 2.33. The molecule has 0 bridgehead atoms. The molecular formula is C88H95F7O18. The molecule has 0 saturated carbocycles. The predicted molar refractivity (Wildman–Crippen MR) is 408 cm³/mol. The van der Waals surface area contributed by atoms with Gasteiger partial charge < -0.3 is 75.8 Å². The molecule has 604 valence electrons. The second kappa shape index (κ2) is 43.2. The highest BCUT2D eigenvalue weighted by atomic mass is 19.4. The van der Waals surface area contributed by atoms with Gasteiger partial charge in [0.25, 0.3) is 0 Å². The standard InChI is InChI=1S/C23H26F4O5.C23H26O3.C22H26O6.C20H17F3O4/c1-22(16-31-22)10-13-28-11-2-3-12-29-18-5-7-19(8-6-18)30-15-17-4-9-21(20(24)14-17)32-23(25,26)27;1-19-5-7-20(8-6-19)9-10-21-11-13-22(14-12-21)25-16-4-3-15-24-17-23(2)18-26-23;1-22(16-27-22)15-25-13-3-4-14-26-19-7-5-17(6-8-19)21(23)28-20-11-9-18(24-2)10-12-20;1-20(12-26-20)8-9-25-14-5-2-13(3-6-14)4-7-18(24)27-15-10-16(21)19(23)17(22)11-15/h4-9,14H,2-3,10-13,15-16H2,1H3;5-8,11-14H,3-4,15-18H2,1-2H3;5-12H,3-4,13-16H2,1-2H3;2-7,10-11H,8-9,12H2,1H3/b;;;7-4+. The van der Waals surface area contributed by atoms with Gasteiger partial charge in [0.15, 0.2) is 29.0 Å². The SMILES string of the molecule is CC1(CCOCCCCOc2ccc(OCc3ccc(OC(F)(F)F)c(F)c3)cc2)CO1.CC1(CCOc2ccc(/C=C/C(=O)Oc3cc(F)c(F)c(F)c3)cc2)CO1.COc1ccc(OC(=O)c2ccc(OCCCCOCC3(C)CO3)cc2)cc1.Cc1ccc(C#Cc2ccc(OCCCCOCC3(C)CO3)cc2)cc1. The first-order valence-electron chi connectivity index (χ1n) is 37.1. The summed E-state index contributed by atoms with van der Waals surface area (Å²) in [5, 5.41) is 0. The molecule has 113 heavy (non-hydrogen) atoms. The topological polar surface area (TPSA) is 195 Å². The van der Waals surface area contributed by atoms with Gasteiger partial charge in [-0.25, -0.2) is 27.2 Å². The first kappa shape index (κ1) is 86.8. The van der Waals surface area contributed by atoms with Crippen LogP contribution in [-0.4, -0.2) is 140 Å². The summed E-state index contributed by atoms with van der Waals surface area (Å²) in [5.41, 5.74) is 4.72. The molecule has 12 rings (SSSR count). The van der Waals surface area contributed by atoms with Gasteiger partial charge in [0, 0.05) is 68.6 Å². The van der Waals surface area contributed by atoms with Crippen molar-refractivity contribution in [3.8, 4) is 63.6 Å². The Kier molecular flexibility index (Phi) is 33.2. The number of hydrogen-bond acceptors (Lipinski definition) is 18. The average Bonchev–Trinajstić information content (AvgIpc) is 1.82. The van der Waals surface area contributed by atoms with E-state index in [-0.39, 0.29) is 29.0 Å². The number of aryl methyl sites for hydroxylation is 1. The molecule has 4 heterocycles. The molecule has 4 fully saturated rings. The van der Waals surface area contributed by atoms with Gasteiger partial charge in [-0.15, -0.1) is 13.2 Å². The van der Waals surface area contributed by atoms with Crippen LogP contribution >= 0.6 is 0 Å². The summed E-state index contributed by atoms with van der Waals surface area (Å²) in [6, 6.07) is 48.3. The lowest BCUT2D eigenvalue weighted by Gasteiger charge is -2.11. The van der Waals surface area contributed by atoms with Crippen molar-refractivity contribution >= 4 is 18.0 Å². The molecule has 0 N–H and O–H groups in total. The first-order chi connectivity index (χ1) is 54.3. The van der Waals surface area contributed by atoms with Crippen molar-refractivity contribution in [2.75, 3.05) is 99.6 Å². The van der Waals surface area contributed by atoms with Gasteiger partial charge >= 0.3 is 18.3 Å². The van der Waals surface area contributed by atoms with E-state index in [1.54, 1.807) is 104 Å². The zero-order valence-electron chi connectivity index (χ0n) is 64.2. The normalized spacial score (nSPS) is 18.0. The fourth-order valence-corrected chi connectivity index (χ4v) is 9.92. The molecule has 0 radical (unpaired) electrons. The molecule has 4 unspecified atom stereocenters. The van der Waals surface area contributed by atoms with Crippen molar-refractivity contribution in [3.05, 3.63) is 239 Å². The molecule has 0 aromatic heterocycles. The molecule has 0 amide bonds. The van der Waals surface area contributed by atoms with Gasteiger partial charge in [-0.2, -0.15) is 0 Å². The average molecular weight is 1570 g/mol. The number of rotatable bonds is 39. The van der Waals surface area contributed by atoms with Gasteiger partial charge in [0.2, 0.25) is 0 Å². The Morgan fingerprint density at radius 3 is 1.34 bits per heavy atom. The summed E-state index contributed by atoms with van der Waals surface area (Å²) in [6.45, 7) is 20.1. The number of carbonyl (C=O) groups is 2. The number of carbonyl (C=O) groups excluding carboxylic acids is 2. The molecule has 8 aromatic carbocycles. The number of alkyl halides is 3. The fraction of sp³-hybridized carbons (Fsp3) is 0.386. The van der Waals surface area contributed by atoms with Crippen molar-refractivity contribution in [2.45, 2.75) is 121 Å². The lowest BCUT2D eigenvalue weighted by molar-refractivity contribution is -0.275. The van der Waals surface area contributed by atoms with E-state index in [0.717, 1.165) is 125 Å². The Morgan fingerprint density at radius 2 is 0.858 bits per heavy atom. The van der Waals surface area contributed by atoms with E-state index >= 15 is 0 Å². The number of epoxide rings is 4. The Labute approximate surface area is 654 Å². The summed E-state index contributed by atoms with van der Waals surface area (Å²) in [7, 11) is 1.59. The summed E-state index contributed by atoms with van der Waals surface area (Å²) in [5.74, 6) is 2.90. The molecule has 4 aliphatic rings. The number of hydrogen-bond donors (Lipinski definition) is 0. The Morgan fingerprint density at radius 1 is 0.442 bits per heavy atom. The number of methoxy groups -OCH3 is 1. The Balaban J connectivity index is 0.000000173. The third-order valence-corrected chi connectivity index (χ3v) is 17.4. The van der Waals surface area contributed by atoms with Crippen LogP contribution in [-0.2, 0) is 44.6 Å². The zero-order chi connectivity index (χ0) is 80.5. The number of halogens is 7. The smallest absolute Gasteiger partial charge is 0.497 e. The van der Waals surface area contributed by atoms with E-state index in [9.17, 15) is 40.3 Å². The van der Waals surface area contributed by atoms with Crippen LogP contribution in [0.3, 0.4) is 0 Å². The summed E-state index contributed by atoms with van der Waals surface area (Å²) in [4.78, 5) is 23.9. The number of esters is 2. The molecule has 4 atom stereocenters. The van der Waals surface area contributed by atoms with Gasteiger partial charge in [-0.1, -0.05) is 47.7 Å². The van der Waals surface area contributed by atoms with Crippen molar-refractivity contribution in [1.82, 2.24) is 0 Å². The van der Waals surface area contributed by atoms with E-state index in [1.165, 1.54) is 17.7 Å². The molecule has 8 aromatic rings. The van der Waals surface area contributed by atoms with E-state index in [1.807, 2.05) is 50.2 Å². The number of ether oxygens (including phenoxy) is 16. The fourth-order valence-electron chi connectivity index (χ4n) is 9.92. The van der Waals surface area contributed by atoms with E-state index in [0.29, 0.717) is 117 Å². The highest BCUT2D eigenvalue weighted by molar-refractivity contribution is 5.91. The molecule has 0 aliphatic carbocycles. The van der Waals surface area contributed by atoms with Crippen molar-refractivity contribution in [2.24, 2.45) is 0 Å². The molecule has 0 spiro atoms. The third-order valence-electron chi connectivity index (χ3n) is 17.4. The third kappa shape index (κ3) is 33.6. The quantitative estimate of drug-likeness (QED) is 0.00515. The zero-order valence-corrected chi connectivity index (χ0v) is 64.2. The van der Waals surface area contributed by atoms with Gasteiger partial charge in [0.1, 0.15) is 63.8 Å². The largest absolute Gasteiger partial charge is 0.573 e. The highest BCUT2D eigenvalue weighted by Gasteiger charge is 2.41. The van der Waals surface area contributed by atoms with Crippen molar-refractivity contribution < 1.29 is 116 Å². The maximum Gasteiger partial charge on any atom is 0.573 e. The second-order valence-electron chi connectivity index (χ2n) is 28.0. The van der Waals surface area contributed by atoms with Crippen LogP contribution in [0.15, 0.2) is 182 Å². The lowest BCUT2D eigenvalue weighted by Crippen LogP contribution is -2.18. The van der Waals surface area contributed by atoms with E-state index in [4.69, 9.17) is 71.1 Å². The maximum atomic E-state index is 13.7. The summed E-state index contributed by atoms with van der Waals surface area (Å²) < 4.78 is 174. The van der Waals surface area contributed by atoms with E-state index < -0.39 is 53.1 Å². The minimum Gasteiger partial charge on any atom is -0.497 e. The molecule has 18 nitrogen and oxygen atoms in total. The van der Waals surface area contributed by atoms with Crippen molar-refractivity contribution in [1.29, 1.82) is 0 Å². The van der Waals surface area contributed by atoms with Gasteiger partial charge in [-0.05, 0) is 224 Å². The molecular weight excluding hydrogens is 1480 g/mol. The first-order valence-corrected chi connectivity index (χ1v) is 37.1. The van der Waals surface area contributed by atoms with Crippen LogP contribution in [0.4, 0.5) is 30.7 Å². The van der Waals surface area contributed by atoms with E-state index in [2.05, 4.69) is 49.5 Å².